The molecule has 114 valence electrons. The lowest BCUT2D eigenvalue weighted by Crippen LogP contribution is -2.38. The van der Waals surface area contributed by atoms with Crippen LogP contribution in [0, 0.1) is 11.7 Å². The zero-order valence-corrected chi connectivity index (χ0v) is 12.1. The minimum atomic E-state index is -0.287. The van der Waals surface area contributed by atoms with Gasteiger partial charge in [-0.05, 0) is 31.2 Å². The molecule has 1 heterocycles. The Morgan fingerprint density at radius 2 is 2.14 bits per heavy atom. The average molecular weight is 292 g/mol. The van der Waals surface area contributed by atoms with E-state index in [1.165, 1.54) is 18.9 Å². The summed E-state index contributed by atoms with van der Waals surface area (Å²) in [6, 6.07) is 6.35. The van der Waals surface area contributed by atoms with Gasteiger partial charge < -0.3 is 15.0 Å². The summed E-state index contributed by atoms with van der Waals surface area (Å²) in [5.74, 6) is 0.457. The van der Waals surface area contributed by atoms with E-state index < -0.39 is 0 Å². The molecule has 1 aliphatic heterocycles. The van der Waals surface area contributed by atoms with Crippen molar-refractivity contribution in [3.63, 3.8) is 0 Å². The van der Waals surface area contributed by atoms with Gasteiger partial charge in [0.15, 0.2) is 0 Å². The first-order valence-corrected chi connectivity index (χ1v) is 7.60. The molecule has 1 saturated heterocycles. The number of carbonyl (C=O) groups is 1. The van der Waals surface area contributed by atoms with Crippen LogP contribution in [0.3, 0.4) is 0 Å². The summed E-state index contributed by atoms with van der Waals surface area (Å²) in [6.45, 7) is 2.39. The molecule has 5 heteroatoms. The molecule has 1 unspecified atom stereocenters. The van der Waals surface area contributed by atoms with E-state index in [0.29, 0.717) is 18.7 Å². The molecular weight excluding hydrogens is 271 g/mol. The number of nitrogens with one attached hydrogen (secondary N) is 1. The lowest BCUT2D eigenvalue weighted by Gasteiger charge is -2.17. The Hall–Kier alpha value is -1.62. The van der Waals surface area contributed by atoms with Crippen molar-refractivity contribution in [3.8, 4) is 0 Å². The largest absolute Gasteiger partial charge is 0.376 e. The predicted octanol–water partition coefficient (Wildman–Crippen LogP) is 2.54. The molecule has 1 aromatic rings. The highest BCUT2D eigenvalue weighted by Gasteiger charge is 2.29. The number of hydrogen-bond donors (Lipinski definition) is 1. The second-order valence-electron chi connectivity index (χ2n) is 5.88. The molecule has 1 saturated carbocycles. The van der Waals surface area contributed by atoms with Crippen LogP contribution in [0.4, 0.5) is 9.18 Å². The van der Waals surface area contributed by atoms with E-state index in [9.17, 15) is 9.18 Å². The van der Waals surface area contributed by atoms with E-state index in [1.807, 2.05) is 0 Å². The van der Waals surface area contributed by atoms with Gasteiger partial charge in [-0.1, -0.05) is 18.2 Å². The van der Waals surface area contributed by atoms with E-state index in [1.54, 1.807) is 23.1 Å². The molecule has 1 N–H and O–H groups in total. The first kappa shape index (κ1) is 14.3. The summed E-state index contributed by atoms with van der Waals surface area (Å²) in [5, 5.41) is 2.77. The van der Waals surface area contributed by atoms with Gasteiger partial charge in [0.1, 0.15) is 5.82 Å². The maximum atomic E-state index is 13.5. The second-order valence-corrected chi connectivity index (χ2v) is 5.88. The number of nitrogens with zero attached hydrogens (tertiary/aromatic N) is 1. The Morgan fingerprint density at radius 3 is 2.90 bits per heavy atom. The van der Waals surface area contributed by atoms with Crippen molar-refractivity contribution >= 4 is 6.03 Å². The van der Waals surface area contributed by atoms with Crippen LogP contribution in [0.15, 0.2) is 24.3 Å². The molecule has 0 bridgehead atoms. The number of likely N-dealkylation sites (tertiary alicyclic amines) is 1. The Labute approximate surface area is 124 Å². The third-order valence-corrected chi connectivity index (χ3v) is 4.08. The Bertz CT molecular complexity index is 505. The van der Waals surface area contributed by atoms with Gasteiger partial charge >= 0.3 is 6.03 Å². The zero-order chi connectivity index (χ0) is 14.7. The third kappa shape index (κ3) is 3.94. The SMILES string of the molecule is O=C(NCc1ccccc1F)N1CCC(OCC2CC2)C1. The maximum Gasteiger partial charge on any atom is 0.317 e. The average Bonchev–Trinajstić information content (AvgIpc) is 3.20. The van der Waals surface area contributed by atoms with E-state index in [2.05, 4.69) is 5.32 Å². The maximum absolute atomic E-state index is 13.5. The minimum absolute atomic E-state index is 0.143. The smallest absolute Gasteiger partial charge is 0.317 e. The molecule has 2 amide bonds. The van der Waals surface area contributed by atoms with Crippen molar-refractivity contribution in [2.75, 3.05) is 19.7 Å². The minimum Gasteiger partial charge on any atom is -0.376 e. The molecule has 0 radical (unpaired) electrons. The summed E-state index contributed by atoms with van der Waals surface area (Å²) < 4.78 is 19.3. The van der Waals surface area contributed by atoms with Gasteiger partial charge in [0, 0.05) is 31.8 Å². The topological polar surface area (TPSA) is 41.6 Å². The highest BCUT2D eigenvalue weighted by atomic mass is 19.1. The van der Waals surface area contributed by atoms with Gasteiger partial charge in [-0.2, -0.15) is 0 Å². The van der Waals surface area contributed by atoms with Crippen LogP contribution in [0.2, 0.25) is 0 Å². The number of halogens is 1. The first-order chi connectivity index (χ1) is 10.2. The molecule has 1 aromatic carbocycles. The fraction of sp³-hybridized carbons (Fsp3) is 0.562. The molecule has 4 nitrogen and oxygen atoms in total. The molecule has 2 aliphatic rings. The number of carbonyl (C=O) groups excluding carboxylic acids is 1. The highest BCUT2D eigenvalue weighted by molar-refractivity contribution is 5.74. The van der Waals surface area contributed by atoms with Crippen LogP contribution in [-0.4, -0.2) is 36.7 Å². The van der Waals surface area contributed by atoms with Crippen LogP contribution < -0.4 is 5.32 Å². The Balaban J connectivity index is 1.42. The first-order valence-electron chi connectivity index (χ1n) is 7.60. The van der Waals surface area contributed by atoms with Crippen LogP contribution >= 0.6 is 0 Å². The Kier molecular flexibility index (Phi) is 4.39. The molecule has 21 heavy (non-hydrogen) atoms. The van der Waals surface area contributed by atoms with Crippen molar-refractivity contribution < 1.29 is 13.9 Å². The molecule has 0 aromatic heterocycles. The van der Waals surface area contributed by atoms with Crippen molar-refractivity contribution in [1.82, 2.24) is 10.2 Å². The van der Waals surface area contributed by atoms with Crippen molar-refractivity contribution in [1.29, 1.82) is 0 Å². The second kappa shape index (κ2) is 6.43. The number of benzene rings is 1. The number of urea groups is 1. The van der Waals surface area contributed by atoms with Gasteiger partial charge in [-0.25, -0.2) is 9.18 Å². The quantitative estimate of drug-likeness (QED) is 0.906. The van der Waals surface area contributed by atoms with Gasteiger partial charge in [-0.15, -0.1) is 0 Å². The van der Waals surface area contributed by atoms with Crippen LogP contribution in [-0.2, 0) is 11.3 Å². The highest BCUT2D eigenvalue weighted by Crippen LogP contribution is 2.30. The number of amides is 2. The molecule has 2 fully saturated rings. The van der Waals surface area contributed by atoms with Crippen LogP contribution in [0.25, 0.3) is 0 Å². The molecule has 0 spiro atoms. The molecule has 1 atom stereocenters. The van der Waals surface area contributed by atoms with Crippen molar-refractivity contribution in [2.45, 2.75) is 31.9 Å². The summed E-state index contributed by atoms with van der Waals surface area (Å²) >= 11 is 0. The lowest BCUT2D eigenvalue weighted by molar-refractivity contribution is 0.0538. The predicted molar refractivity (Wildman–Crippen MR) is 77.3 cm³/mol. The summed E-state index contributed by atoms with van der Waals surface area (Å²) in [7, 11) is 0. The fourth-order valence-electron chi connectivity index (χ4n) is 2.53. The van der Waals surface area contributed by atoms with Crippen molar-refractivity contribution in [2.24, 2.45) is 5.92 Å². The van der Waals surface area contributed by atoms with Gasteiger partial charge in [0.2, 0.25) is 0 Å². The summed E-state index contributed by atoms with van der Waals surface area (Å²) in [6.07, 6.45) is 3.60. The van der Waals surface area contributed by atoms with E-state index in [4.69, 9.17) is 4.74 Å². The third-order valence-electron chi connectivity index (χ3n) is 4.08. The van der Waals surface area contributed by atoms with Gasteiger partial charge in [0.25, 0.3) is 0 Å². The monoisotopic (exact) mass is 292 g/mol. The summed E-state index contributed by atoms with van der Waals surface area (Å²) in [5.41, 5.74) is 0.506. The van der Waals surface area contributed by atoms with Gasteiger partial charge in [-0.3, -0.25) is 0 Å². The van der Waals surface area contributed by atoms with E-state index in [-0.39, 0.29) is 24.5 Å². The normalized spacial score (nSPS) is 21.6. The molecular formula is C16H21FN2O2. The molecule has 3 rings (SSSR count). The number of rotatable bonds is 5. The van der Waals surface area contributed by atoms with E-state index >= 15 is 0 Å². The zero-order valence-electron chi connectivity index (χ0n) is 12.1. The van der Waals surface area contributed by atoms with Gasteiger partial charge in [0.05, 0.1) is 6.10 Å². The molecule has 1 aliphatic carbocycles. The van der Waals surface area contributed by atoms with E-state index in [0.717, 1.165) is 18.9 Å². The number of hydrogen-bond acceptors (Lipinski definition) is 2. The summed E-state index contributed by atoms with van der Waals surface area (Å²) in [4.78, 5) is 13.8. The lowest BCUT2D eigenvalue weighted by atomic mass is 10.2. The number of ether oxygens (including phenoxy) is 1. The van der Waals surface area contributed by atoms with Crippen LogP contribution in [0.1, 0.15) is 24.8 Å². The fourth-order valence-corrected chi connectivity index (χ4v) is 2.53. The standard InChI is InChI=1S/C16H21FN2O2/c17-15-4-2-1-3-13(15)9-18-16(20)19-8-7-14(10-19)21-11-12-5-6-12/h1-4,12,14H,5-11H2,(H,18,20). The van der Waals surface area contributed by atoms with Crippen LogP contribution in [0.5, 0.6) is 0 Å². The van der Waals surface area contributed by atoms with Crippen molar-refractivity contribution in [3.05, 3.63) is 35.6 Å². The Morgan fingerprint density at radius 1 is 1.33 bits per heavy atom.